The summed E-state index contributed by atoms with van der Waals surface area (Å²) in [6, 6.07) is 7.39. The Morgan fingerprint density at radius 3 is 3.06 bits per heavy atom. The predicted molar refractivity (Wildman–Crippen MR) is 68.6 cm³/mol. The predicted octanol–water partition coefficient (Wildman–Crippen LogP) is 1.07. The van der Waals surface area contributed by atoms with Gasteiger partial charge in [0, 0.05) is 32.1 Å². The van der Waals surface area contributed by atoms with Crippen LogP contribution in [-0.4, -0.2) is 44.2 Å². The molecule has 1 aromatic rings. The molecule has 3 heteroatoms. The van der Waals surface area contributed by atoms with Crippen LogP contribution in [0.5, 0.6) is 5.75 Å². The van der Waals surface area contributed by atoms with Crippen molar-refractivity contribution in [2.45, 2.75) is 18.9 Å². The van der Waals surface area contributed by atoms with Gasteiger partial charge in [-0.25, -0.2) is 0 Å². The summed E-state index contributed by atoms with van der Waals surface area (Å²) in [6.45, 7) is 4.29. The van der Waals surface area contributed by atoms with Crippen molar-refractivity contribution in [2.75, 3.05) is 33.3 Å². The minimum Gasteiger partial charge on any atom is -0.493 e. The topological polar surface area (TPSA) is 24.5 Å². The Kier molecular flexibility index (Phi) is 3.04. The minimum absolute atomic E-state index is 0.743. The number of hydrogen-bond acceptors (Lipinski definition) is 3. The molecule has 1 aromatic carbocycles. The molecule has 3 rings (SSSR count). The third-order valence-electron chi connectivity index (χ3n) is 3.89. The van der Waals surface area contributed by atoms with E-state index in [-0.39, 0.29) is 0 Å². The molecule has 0 aliphatic carbocycles. The van der Waals surface area contributed by atoms with Gasteiger partial charge in [0.05, 0.1) is 6.61 Å². The maximum absolute atomic E-state index is 5.53. The summed E-state index contributed by atoms with van der Waals surface area (Å²) in [7, 11) is 2.22. The lowest BCUT2D eigenvalue weighted by atomic mass is 10.1. The second kappa shape index (κ2) is 4.67. The van der Waals surface area contributed by atoms with Crippen molar-refractivity contribution < 1.29 is 4.74 Å². The van der Waals surface area contributed by atoms with Crippen molar-refractivity contribution in [1.82, 2.24) is 10.2 Å². The smallest absolute Gasteiger partial charge is 0.122 e. The highest BCUT2D eigenvalue weighted by Gasteiger charge is 2.21. The van der Waals surface area contributed by atoms with E-state index in [4.69, 9.17) is 4.74 Å². The normalized spacial score (nSPS) is 18.9. The summed E-state index contributed by atoms with van der Waals surface area (Å²) in [4.78, 5) is 2.46. The van der Waals surface area contributed by atoms with Crippen molar-refractivity contribution >= 4 is 0 Å². The zero-order valence-electron chi connectivity index (χ0n) is 10.4. The summed E-state index contributed by atoms with van der Waals surface area (Å²) >= 11 is 0. The molecule has 0 bridgehead atoms. The molecule has 1 fully saturated rings. The Labute approximate surface area is 103 Å². The first-order valence-electron chi connectivity index (χ1n) is 6.48. The molecule has 3 nitrogen and oxygen atoms in total. The highest BCUT2D eigenvalue weighted by molar-refractivity contribution is 5.39. The molecular weight excluding hydrogens is 212 g/mol. The van der Waals surface area contributed by atoms with Gasteiger partial charge in [-0.1, -0.05) is 12.1 Å². The van der Waals surface area contributed by atoms with Crippen molar-refractivity contribution in [3.8, 4) is 5.75 Å². The van der Waals surface area contributed by atoms with E-state index in [0.717, 1.165) is 50.9 Å². The number of hydrogen-bond donors (Lipinski definition) is 1. The largest absolute Gasteiger partial charge is 0.493 e. The Bertz CT molecular complexity index is 401. The molecule has 0 saturated carbocycles. The summed E-state index contributed by atoms with van der Waals surface area (Å²) in [6.07, 6.45) is 2.21. The maximum atomic E-state index is 5.53. The highest BCUT2D eigenvalue weighted by atomic mass is 16.5. The number of likely N-dealkylation sites (N-methyl/N-ethyl adjacent to an activating group) is 1. The van der Waals surface area contributed by atoms with Gasteiger partial charge in [-0.3, -0.25) is 0 Å². The van der Waals surface area contributed by atoms with E-state index in [2.05, 4.69) is 35.5 Å². The Morgan fingerprint density at radius 2 is 2.29 bits per heavy atom. The zero-order chi connectivity index (χ0) is 11.7. The summed E-state index contributed by atoms with van der Waals surface area (Å²) in [5.41, 5.74) is 2.82. The van der Waals surface area contributed by atoms with Crippen molar-refractivity contribution in [3.05, 3.63) is 29.3 Å². The fraction of sp³-hybridized carbons (Fsp3) is 0.571. The zero-order valence-corrected chi connectivity index (χ0v) is 10.4. The van der Waals surface area contributed by atoms with E-state index in [0.29, 0.717) is 0 Å². The summed E-state index contributed by atoms with van der Waals surface area (Å²) in [5.74, 6) is 1.09. The molecule has 0 atom stereocenters. The monoisotopic (exact) mass is 232 g/mol. The van der Waals surface area contributed by atoms with E-state index < -0.39 is 0 Å². The molecule has 0 radical (unpaired) electrons. The SMILES string of the molecule is CN(CCc1ccc2c(c1)CCO2)C1CNC1. The number of ether oxygens (including phenoxy) is 1. The summed E-state index contributed by atoms with van der Waals surface area (Å²) in [5, 5.41) is 3.32. The van der Waals surface area contributed by atoms with Crippen LogP contribution in [0.3, 0.4) is 0 Å². The Hall–Kier alpha value is -1.06. The number of rotatable bonds is 4. The number of fused-ring (bicyclic) bond motifs is 1. The molecule has 0 amide bonds. The standard InChI is InChI=1S/C14H20N2O/c1-16(13-9-15-10-13)6-4-11-2-3-14-12(8-11)5-7-17-14/h2-3,8,13,15H,4-7,9-10H2,1H3. The molecular formula is C14H20N2O. The van der Waals surface area contributed by atoms with Gasteiger partial charge in [0.1, 0.15) is 5.75 Å². The van der Waals surface area contributed by atoms with Gasteiger partial charge in [0.25, 0.3) is 0 Å². The molecule has 17 heavy (non-hydrogen) atoms. The van der Waals surface area contributed by atoms with Gasteiger partial charge in [-0.2, -0.15) is 0 Å². The molecule has 0 aromatic heterocycles. The van der Waals surface area contributed by atoms with Crippen LogP contribution >= 0.6 is 0 Å². The lowest BCUT2D eigenvalue weighted by Crippen LogP contribution is -2.56. The highest BCUT2D eigenvalue weighted by Crippen LogP contribution is 2.26. The van der Waals surface area contributed by atoms with Crippen LogP contribution in [0.25, 0.3) is 0 Å². The molecule has 0 unspecified atom stereocenters. The van der Waals surface area contributed by atoms with Gasteiger partial charge in [0.15, 0.2) is 0 Å². The van der Waals surface area contributed by atoms with Gasteiger partial charge >= 0.3 is 0 Å². The first-order chi connectivity index (χ1) is 8.33. The molecule has 2 heterocycles. The van der Waals surface area contributed by atoms with Crippen LogP contribution in [0.2, 0.25) is 0 Å². The van der Waals surface area contributed by atoms with E-state index >= 15 is 0 Å². The van der Waals surface area contributed by atoms with Gasteiger partial charge in [-0.05, 0) is 30.7 Å². The van der Waals surface area contributed by atoms with Crippen molar-refractivity contribution in [2.24, 2.45) is 0 Å². The average Bonchev–Trinajstić information content (AvgIpc) is 2.71. The molecule has 0 spiro atoms. The van der Waals surface area contributed by atoms with Gasteiger partial charge in [-0.15, -0.1) is 0 Å². The summed E-state index contributed by atoms with van der Waals surface area (Å²) < 4.78 is 5.53. The van der Waals surface area contributed by atoms with Crippen LogP contribution < -0.4 is 10.1 Å². The van der Waals surface area contributed by atoms with Crippen LogP contribution in [0, 0.1) is 0 Å². The van der Waals surface area contributed by atoms with Gasteiger partial charge < -0.3 is 15.0 Å². The second-order valence-corrected chi connectivity index (χ2v) is 5.08. The first kappa shape index (κ1) is 11.1. The number of nitrogens with one attached hydrogen (secondary N) is 1. The van der Waals surface area contributed by atoms with Crippen molar-refractivity contribution in [1.29, 1.82) is 0 Å². The molecule has 2 aliphatic rings. The molecule has 1 N–H and O–H groups in total. The lowest BCUT2D eigenvalue weighted by molar-refractivity contribution is 0.182. The van der Waals surface area contributed by atoms with Crippen LogP contribution in [0.1, 0.15) is 11.1 Å². The van der Waals surface area contributed by atoms with Crippen LogP contribution in [-0.2, 0) is 12.8 Å². The minimum atomic E-state index is 0.743. The van der Waals surface area contributed by atoms with Crippen LogP contribution in [0.15, 0.2) is 18.2 Å². The maximum Gasteiger partial charge on any atom is 0.122 e. The van der Waals surface area contributed by atoms with Crippen molar-refractivity contribution in [3.63, 3.8) is 0 Å². The Morgan fingerprint density at radius 1 is 1.41 bits per heavy atom. The first-order valence-corrected chi connectivity index (χ1v) is 6.48. The second-order valence-electron chi connectivity index (χ2n) is 5.08. The van der Waals surface area contributed by atoms with Gasteiger partial charge in [0.2, 0.25) is 0 Å². The average molecular weight is 232 g/mol. The van der Waals surface area contributed by atoms with E-state index in [1.165, 1.54) is 11.1 Å². The van der Waals surface area contributed by atoms with E-state index in [9.17, 15) is 0 Å². The number of nitrogens with zero attached hydrogens (tertiary/aromatic N) is 1. The van der Waals surface area contributed by atoms with E-state index in [1.54, 1.807) is 0 Å². The quantitative estimate of drug-likeness (QED) is 0.840. The lowest BCUT2D eigenvalue weighted by Gasteiger charge is -2.35. The number of benzene rings is 1. The van der Waals surface area contributed by atoms with E-state index in [1.807, 2.05) is 0 Å². The molecule has 1 saturated heterocycles. The third-order valence-corrected chi connectivity index (χ3v) is 3.89. The fourth-order valence-electron chi connectivity index (χ4n) is 2.47. The third kappa shape index (κ3) is 2.31. The van der Waals surface area contributed by atoms with Crippen LogP contribution in [0.4, 0.5) is 0 Å². The fourth-order valence-corrected chi connectivity index (χ4v) is 2.47. The molecule has 92 valence electrons. The molecule has 2 aliphatic heterocycles. The Balaban J connectivity index is 1.57.